The monoisotopic (exact) mass is 235 g/mol. The molecule has 2 aromatic heterocycles. The zero-order chi connectivity index (χ0) is 12.5. The molecule has 1 aromatic carbocycles. The Hall–Kier alpha value is -2.10. The summed E-state index contributed by atoms with van der Waals surface area (Å²) in [5.41, 5.74) is 5.92. The molecule has 3 rings (SSSR count). The lowest BCUT2D eigenvalue weighted by Crippen LogP contribution is -2.06. The van der Waals surface area contributed by atoms with Crippen molar-refractivity contribution in [3.05, 3.63) is 53.6 Å². The molecule has 4 heteroatoms. The van der Waals surface area contributed by atoms with Gasteiger partial charge in [-0.1, -0.05) is 17.6 Å². The van der Waals surface area contributed by atoms with Gasteiger partial charge < -0.3 is 4.98 Å². The number of aryl methyl sites for hydroxylation is 1. The van der Waals surface area contributed by atoms with Crippen LogP contribution in [0.2, 0.25) is 0 Å². The lowest BCUT2D eigenvalue weighted by Gasteiger charge is -1.99. The van der Waals surface area contributed by atoms with E-state index in [9.17, 15) is 0 Å². The number of fused-ring (bicyclic) bond motifs is 1. The highest BCUT2D eigenvalue weighted by Crippen LogP contribution is 2.15. The van der Waals surface area contributed by atoms with Gasteiger partial charge in [0.25, 0.3) is 0 Å². The summed E-state index contributed by atoms with van der Waals surface area (Å²) in [6, 6.07) is 8.21. The maximum Gasteiger partial charge on any atom is 0.139 e. The van der Waals surface area contributed by atoms with E-state index in [2.05, 4.69) is 47.9 Å². The first-order valence-electron chi connectivity index (χ1n) is 6.08. The van der Waals surface area contributed by atoms with Gasteiger partial charge in [0, 0.05) is 18.8 Å². The van der Waals surface area contributed by atoms with Crippen LogP contribution in [-0.4, -0.2) is 22.8 Å². The van der Waals surface area contributed by atoms with Crippen molar-refractivity contribution in [1.29, 1.82) is 0 Å². The van der Waals surface area contributed by atoms with Crippen LogP contribution in [0.25, 0.3) is 11.0 Å². The Morgan fingerprint density at radius 3 is 2.94 bits per heavy atom. The fourth-order valence-electron chi connectivity index (χ4n) is 2.15. The number of nitrogens with one attached hydrogen (secondary N) is 1. The molecule has 0 unspecified atom stereocenters. The SMILES string of the molecule is Bc1ccc2nc(Cc3cccnc3)[nH]c2c1C. The Morgan fingerprint density at radius 1 is 1.28 bits per heavy atom. The van der Waals surface area contributed by atoms with Crippen LogP contribution >= 0.6 is 0 Å². The van der Waals surface area contributed by atoms with Gasteiger partial charge in [0.05, 0.1) is 11.0 Å². The summed E-state index contributed by atoms with van der Waals surface area (Å²) in [6.07, 6.45) is 4.46. The minimum atomic E-state index is 0.793. The number of pyridine rings is 1. The third-order valence-corrected chi connectivity index (χ3v) is 3.33. The van der Waals surface area contributed by atoms with Crippen LogP contribution in [-0.2, 0) is 6.42 Å². The molecule has 0 fully saturated rings. The first-order valence-corrected chi connectivity index (χ1v) is 6.08. The van der Waals surface area contributed by atoms with Gasteiger partial charge in [-0.05, 0) is 30.2 Å². The molecule has 0 aliphatic carbocycles. The van der Waals surface area contributed by atoms with Crippen molar-refractivity contribution in [1.82, 2.24) is 15.0 Å². The smallest absolute Gasteiger partial charge is 0.139 e. The average Bonchev–Trinajstić information content (AvgIpc) is 2.79. The Morgan fingerprint density at radius 2 is 2.17 bits per heavy atom. The third kappa shape index (κ3) is 1.90. The molecule has 2 heterocycles. The lowest BCUT2D eigenvalue weighted by molar-refractivity contribution is 1.02. The molecule has 0 radical (unpaired) electrons. The van der Waals surface area contributed by atoms with Crippen molar-refractivity contribution in [3.63, 3.8) is 0 Å². The van der Waals surface area contributed by atoms with Crippen LogP contribution in [0.1, 0.15) is 17.0 Å². The highest BCUT2D eigenvalue weighted by molar-refractivity contribution is 6.34. The van der Waals surface area contributed by atoms with Crippen LogP contribution in [0.15, 0.2) is 36.7 Å². The number of benzene rings is 1. The number of hydrogen-bond acceptors (Lipinski definition) is 2. The van der Waals surface area contributed by atoms with Crippen molar-refractivity contribution < 1.29 is 0 Å². The summed E-state index contributed by atoms with van der Waals surface area (Å²) < 4.78 is 0. The summed E-state index contributed by atoms with van der Waals surface area (Å²) >= 11 is 0. The minimum Gasteiger partial charge on any atom is -0.341 e. The normalized spacial score (nSPS) is 10.9. The molecule has 0 amide bonds. The second-order valence-electron chi connectivity index (χ2n) is 4.62. The van der Waals surface area contributed by atoms with Gasteiger partial charge in [0.2, 0.25) is 0 Å². The Labute approximate surface area is 107 Å². The van der Waals surface area contributed by atoms with Crippen LogP contribution < -0.4 is 5.46 Å². The van der Waals surface area contributed by atoms with Gasteiger partial charge in [-0.25, -0.2) is 4.98 Å². The van der Waals surface area contributed by atoms with E-state index in [0.717, 1.165) is 23.3 Å². The number of rotatable bonds is 2. The highest BCUT2D eigenvalue weighted by atomic mass is 14.9. The summed E-state index contributed by atoms with van der Waals surface area (Å²) in [4.78, 5) is 12.2. The van der Waals surface area contributed by atoms with Gasteiger partial charge in [0.15, 0.2) is 0 Å². The van der Waals surface area contributed by atoms with Gasteiger partial charge >= 0.3 is 0 Å². The maximum atomic E-state index is 4.63. The van der Waals surface area contributed by atoms with Gasteiger partial charge in [-0.2, -0.15) is 0 Å². The van der Waals surface area contributed by atoms with Crippen molar-refractivity contribution in [2.24, 2.45) is 0 Å². The molecule has 88 valence electrons. The van der Waals surface area contributed by atoms with E-state index in [1.807, 2.05) is 12.3 Å². The molecule has 18 heavy (non-hydrogen) atoms. The molecule has 0 saturated heterocycles. The Kier molecular flexibility index (Phi) is 2.63. The molecule has 0 aliphatic heterocycles. The summed E-state index contributed by atoms with van der Waals surface area (Å²) in [5.74, 6) is 0.992. The molecule has 0 saturated carbocycles. The van der Waals surface area contributed by atoms with Gasteiger partial charge in [0.1, 0.15) is 13.7 Å². The number of H-pyrrole nitrogens is 1. The van der Waals surface area contributed by atoms with Crippen LogP contribution in [0.5, 0.6) is 0 Å². The standard InChI is InChI=1S/C14H14BN3/c1-9-11(15)4-5-12-14(9)18-13(17-12)7-10-3-2-6-16-8-10/h2-6,8H,7,15H2,1H3,(H,17,18). The summed E-state index contributed by atoms with van der Waals surface area (Å²) in [6.45, 7) is 2.13. The maximum absolute atomic E-state index is 4.63. The van der Waals surface area contributed by atoms with E-state index in [-0.39, 0.29) is 0 Å². The number of hydrogen-bond donors (Lipinski definition) is 1. The second kappa shape index (κ2) is 4.29. The van der Waals surface area contributed by atoms with E-state index in [4.69, 9.17) is 0 Å². The molecule has 3 nitrogen and oxygen atoms in total. The van der Waals surface area contributed by atoms with E-state index in [1.165, 1.54) is 16.6 Å². The minimum absolute atomic E-state index is 0.793. The number of imidazole rings is 1. The fraction of sp³-hybridized carbons (Fsp3) is 0.143. The Balaban J connectivity index is 2.02. The van der Waals surface area contributed by atoms with Crippen molar-refractivity contribution in [2.75, 3.05) is 0 Å². The largest absolute Gasteiger partial charge is 0.341 e. The van der Waals surface area contributed by atoms with Gasteiger partial charge in [-0.15, -0.1) is 0 Å². The zero-order valence-corrected chi connectivity index (χ0v) is 10.6. The molecule has 0 spiro atoms. The zero-order valence-electron chi connectivity index (χ0n) is 10.6. The fourth-order valence-corrected chi connectivity index (χ4v) is 2.15. The van der Waals surface area contributed by atoms with Crippen molar-refractivity contribution in [3.8, 4) is 0 Å². The lowest BCUT2D eigenvalue weighted by atomic mass is 9.91. The molecule has 1 N–H and O–H groups in total. The summed E-state index contributed by atoms with van der Waals surface area (Å²) in [7, 11) is 2.12. The van der Waals surface area contributed by atoms with Gasteiger partial charge in [-0.3, -0.25) is 4.98 Å². The number of aromatic amines is 1. The molecule has 0 atom stereocenters. The quantitative estimate of drug-likeness (QED) is 0.676. The van der Waals surface area contributed by atoms with Crippen molar-refractivity contribution in [2.45, 2.75) is 13.3 Å². The molecular weight excluding hydrogens is 221 g/mol. The molecule has 0 bridgehead atoms. The van der Waals surface area contributed by atoms with E-state index < -0.39 is 0 Å². The topological polar surface area (TPSA) is 41.6 Å². The number of aromatic nitrogens is 3. The average molecular weight is 235 g/mol. The predicted octanol–water partition coefficient (Wildman–Crippen LogP) is 1.12. The molecule has 3 aromatic rings. The predicted molar refractivity (Wildman–Crippen MR) is 76.1 cm³/mol. The molecule has 0 aliphatic rings. The molecular formula is C14H14BN3. The van der Waals surface area contributed by atoms with Crippen molar-refractivity contribution >= 4 is 24.3 Å². The van der Waals surface area contributed by atoms with Crippen LogP contribution in [0.4, 0.5) is 0 Å². The van der Waals surface area contributed by atoms with Crippen LogP contribution in [0.3, 0.4) is 0 Å². The number of nitrogens with zero attached hydrogens (tertiary/aromatic N) is 2. The summed E-state index contributed by atoms with van der Waals surface area (Å²) in [5, 5.41) is 0. The third-order valence-electron chi connectivity index (χ3n) is 3.33. The van der Waals surface area contributed by atoms with Crippen LogP contribution in [0, 0.1) is 6.92 Å². The van der Waals surface area contributed by atoms with E-state index >= 15 is 0 Å². The first kappa shape index (κ1) is 11.0. The van der Waals surface area contributed by atoms with E-state index in [1.54, 1.807) is 6.20 Å². The highest BCUT2D eigenvalue weighted by Gasteiger charge is 2.07. The second-order valence-corrected chi connectivity index (χ2v) is 4.62. The van der Waals surface area contributed by atoms with E-state index in [0.29, 0.717) is 0 Å². The first-order chi connectivity index (χ1) is 8.74. The Bertz CT molecular complexity index is 689.